The van der Waals surface area contributed by atoms with Crippen LogP contribution in [0.15, 0.2) is 42.5 Å². The summed E-state index contributed by atoms with van der Waals surface area (Å²) >= 11 is 0. The van der Waals surface area contributed by atoms with E-state index in [0.717, 1.165) is 0 Å². The van der Waals surface area contributed by atoms with Gasteiger partial charge in [-0.25, -0.2) is 4.39 Å². The fourth-order valence-corrected chi connectivity index (χ4v) is 1.67. The molecule has 0 spiro atoms. The molecule has 0 unspecified atom stereocenters. The van der Waals surface area contributed by atoms with Gasteiger partial charge in [0.05, 0.1) is 0 Å². The maximum Gasteiger partial charge on any atom is 0.573 e. The second kappa shape index (κ2) is 5.30. The summed E-state index contributed by atoms with van der Waals surface area (Å²) in [5, 5.41) is 0. The third-order valence-corrected chi connectivity index (χ3v) is 2.36. The molecule has 0 aliphatic carbocycles. The van der Waals surface area contributed by atoms with Gasteiger partial charge in [0, 0.05) is 6.07 Å². The van der Waals surface area contributed by atoms with Crippen LogP contribution in [0.1, 0.15) is 11.1 Å². The lowest BCUT2D eigenvalue weighted by molar-refractivity contribution is -0.274. The number of rotatable bonds is 3. The van der Waals surface area contributed by atoms with Gasteiger partial charge in [0.1, 0.15) is 11.6 Å². The van der Waals surface area contributed by atoms with Crippen LogP contribution < -0.4 is 4.74 Å². The average molecular weight is 269 g/mol. The summed E-state index contributed by atoms with van der Waals surface area (Å²) in [5.41, 5.74) is 1.26. The van der Waals surface area contributed by atoms with E-state index in [1.165, 1.54) is 24.3 Å². The van der Waals surface area contributed by atoms with Crippen molar-refractivity contribution in [2.75, 3.05) is 0 Å². The van der Waals surface area contributed by atoms with E-state index in [2.05, 4.69) is 10.8 Å². The van der Waals surface area contributed by atoms with Crippen molar-refractivity contribution in [1.82, 2.24) is 0 Å². The molecule has 0 fully saturated rings. The van der Waals surface area contributed by atoms with Crippen LogP contribution in [-0.2, 0) is 6.42 Å². The van der Waals surface area contributed by atoms with Gasteiger partial charge in [-0.1, -0.05) is 24.3 Å². The first-order valence-corrected chi connectivity index (χ1v) is 5.43. The van der Waals surface area contributed by atoms with E-state index in [1.807, 2.05) is 0 Å². The van der Waals surface area contributed by atoms with E-state index in [4.69, 9.17) is 0 Å². The Morgan fingerprint density at radius 3 is 2.47 bits per heavy atom. The van der Waals surface area contributed by atoms with Crippen molar-refractivity contribution >= 4 is 0 Å². The molecule has 0 amide bonds. The molecule has 99 valence electrons. The molecule has 0 saturated heterocycles. The number of benzene rings is 2. The predicted octanol–water partition coefficient (Wildman–Crippen LogP) is 4.12. The van der Waals surface area contributed by atoms with Gasteiger partial charge >= 0.3 is 6.36 Å². The molecule has 1 nitrogen and oxygen atoms in total. The third-order valence-electron chi connectivity index (χ3n) is 2.36. The van der Waals surface area contributed by atoms with Gasteiger partial charge < -0.3 is 4.74 Å². The Bertz CT molecular complexity index is 563. The molecule has 19 heavy (non-hydrogen) atoms. The number of alkyl halides is 3. The Balaban J connectivity index is 2.15. The van der Waals surface area contributed by atoms with Crippen LogP contribution in [0.3, 0.4) is 0 Å². The van der Waals surface area contributed by atoms with Crippen LogP contribution >= 0.6 is 0 Å². The van der Waals surface area contributed by atoms with Gasteiger partial charge in [-0.2, -0.15) is 0 Å². The first-order valence-electron chi connectivity index (χ1n) is 5.43. The molecule has 2 aromatic rings. The Morgan fingerprint density at radius 1 is 1.05 bits per heavy atom. The minimum atomic E-state index is -4.74. The number of hydrogen-bond donors (Lipinski definition) is 0. The zero-order chi connectivity index (χ0) is 13.9. The maximum absolute atomic E-state index is 13.0. The fraction of sp³-hybridized carbons (Fsp3) is 0.143. The van der Waals surface area contributed by atoms with E-state index in [1.54, 1.807) is 18.2 Å². The molecule has 5 heteroatoms. The zero-order valence-electron chi connectivity index (χ0n) is 9.67. The lowest BCUT2D eigenvalue weighted by Crippen LogP contribution is -2.17. The van der Waals surface area contributed by atoms with E-state index >= 15 is 0 Å². The highest BCUT2D eigenvalue weighted by Crippen LogP contribution is 2.23. The highest BCUT2D eigenvalue weighted by molar-refractivity contribution is 5.32. The molecule has 0 saturated carbocycles. The van der Waals surface area contributed by atoms with Crippen LogP contribution in [0.25, 0.3) is 0 Å². The van der Waals surface area contributed by atoms with Crippen molar-refractivity contribution in [2.24, 2.45) is 0 Å². The smallest absolute Gasteiger partial charge is 0.405 e. The van der Waals surface area contributed by atoms with Crippen LogP contribution in [0.2, 0.25) is 0 Å². The molecular formula is C14H9F4O. The highest BCUT2D eigenvalue weighted by Gasteiger charge is 2.31. The minimum Gasteiger partial charge on any atom is -0.405 e. The van der Waals surface area contributed by atoms with Crippen molar-refractivity contribution in [2.45, 2.75) is 12.8 Å². The zero-order valence-corrected chi connectivity index (χ0v) is 9.67. The van der Waals surface area contributed by atoms with Gasteiger partial charge in [0.25, 0.3) is 0 Å². The summed E-state index contributed by atoms with van der Waals surface area (Å²) in [4.78, 5) is 0. The average Bonchev–Trinajstić information content (AvgIpc) is 2.27. The second-order valence-corrected chi connectivity index (χ2v) is 3.92. The molecule has 1 radical (unpaired) electrons. The standard InChI is InChI=1S/C14H9F4O/c15-12-5-1-3-10(8-12)7-11-4-2-6-13(9-11)19-14(16,17)18/h1-5,8-9H,7H2. The Labute approximate surface area is 107 Å². The molecule has 2 aromatic carbocycles. The van der Waals surface area contributed by atoms with E-state index in [0.29, 0.717) is 17.5 Å². The summed E-state index contributed by atoms with van der Waals surface area (Å²) in [7, 11) is 0. The monoisotopic (exact) mass is 269 g/mol. The number of hydrogen-bond acceptors (Lipinski definition) is 1. The van der Waals surface area contributed by atoms with Crippen LogP contribution in [0.4, 0.5) is 17.6 Å². The van der Waals surface area contributed by atoms with Gasteiger partial charge in [0.15, 0.2) is 0 Å². The minimum absolute atomic E-state index is 0.320. The molecule has 0 aromatic heterocycles. The Kier molecular flexibility index (Phi) is 3.74. The Hall–Kier alpha value is -2.04. The molecular weight excluding hydrogens is 260 g/mol. The van der Waals surface area contributed by atoms with Crippen molar-refractivity contribution in [3.8, 4) is 5.75 Å². The van der Waals surface area contributed by atoms with E-state index in [-0.39, 0.29) is 5.82 Å². The summed E-state index contributed by atoms with van der Waals surface area (Å²) in [6, 6.07) is 12.4. The molecule has 0 heterocycles. The molecule has 0 atom stereocenters. The first-order chi connectivity index (χ1) is 8.92. The summed E-state index contributed by atoms with van der Waals surface area (Å²) < 4.78 is 52.9. The molecule has 0 aliphatic rings. The molecule has 2 rings (SSSR count). The van der Waals surface area contributed by atoms with Gasteiger partial charge in [-0.15, -0.1) is 13.2 Å². The molecule has 0 aliphatic heterocycles. The van der Waals surface area contributed by atoms with Crippen molar-refractivity contribution in [3.05, 3.63) is 65.5 Å². The van der Waals surface area contributed by atoms with Crippen molar-refractivity contribution in [3.63, 3.8) is 0 Å². The van der Waals surface area contributed by atoms with Gasteiger partial charge in [0.2, 0.25) is 0 Å². The first kappa shape index (κ1) is 13.4. The predicted molar refractivity (Wildman–Crippen MR) is 61.2 cm³/mol. The normalized spacial score (nSPS) is 11.4. The van der Waals surface area contributed by atoms with E-state index in [9.17, 15) is 17.6 Å². The summed E-state index contributed by atoms with van der Waals surface area (Å²) in [6.07, 6.45) is -4.42. The number of ether oxygens (including phenoxy) is 1. The number of halogens is 4. The second-order valence-electron chi connectivity index (χ2n) is 3.92. The largest absolute Gasteiger partial charge is 0.573 e. The van der Waals surface area contributed by atoms with Gasteiger partial charge in [-0.3, -0.25) is 0 Å². The maximum atomic E-state index is 13.0. The molecule has 0 bridgehead atoms. The fourth-order valence-electron chi connectivity index (χ4n) is 1.67. The summed E-state index contributed by atoms with van der Waals surface area (Å²) in [5.74, 6) is -0.784. The lowest BCUT2D eigenvalue weighted by Gasteiger charge is -2.09. The SMILES string of the molecule is Fc1cccc(Cc2cc[c]c(OC(F)(F)F)c2)c1. The van der Waals surface area contributed by atoms with Crippen molar-refractivity contribution < 1.29 is 22.3 Å². The third kappa shape index (κ3) is 4.28. The molecule has 0 N–H and O–H groups in total. The quantitative estimate of drug-likeness (QED) is 0.762. The van der Waals surface area contributed by atoms with Crippen LogP contribution in [0, 0.1) is 11.9 Å². The van der Waals surface area contributed by atoms with Crippen LogP contribution in [0.5, 0.6) is 5.75 Å². The highest BCUT2D eigenvalue weighted by atomic mass is 19.4. The Morgan fingerprint density at radius 2 is 1.79 bits per heavy atom. The van der Waals surface area contributed by atoms with E-state index < -0.39 is 12.1 Å². The van der Waals surface area contributed by atoms with Crippen molar-refractivity contribution in [1.29, 1.82) is 0 Å². The topological polar surface area (TPSA) is 9.23 Å². The lowest BCUT2D eigenvalue weighted by atomic mass is 10.0. The van der Waals surface area contributed by atoms with Gasteiger partial charge in [-0.05, 0) is 35.7 Å². The van der Waals surface area contributed by atoms with Crippen LogP contribution in [-0.4, -0.2) is 6.36 Å². The summed E-state index contributed by atoms with van der Waals surface area (Å²) in [6.45, 7) is 0.